The Labute approximate surface area is 248 Å². The molecule has 0 saturated heterocycles. The van der Waals surface area contributed by atoms with Crippen molar-refractivity contribution in [2.75, 3.05) is 7.11 Å². The van der Waals surface area contributed by atoms with Crippen molar-refractivity contribution in [3.8, 4) is 11.5 Å². The van der Waals surface area contributed by atoms with Crippen molar-refractivity contribution in [2.24, 2.45) is 5.73 Å². The van der Waals surface area contributed by atoms with Crippen LogP contribution in [0.5, 0.6) is 11.5 Å². The van der Waals surface area contributed by atoms with Gasteiger partial charge in [0, 0.05) is 19.0 Å². The number of imidazole rings is 1. The van der Waals surface area contributed by atoms with Crippen LogP contribution in [0.15, 0.2) is 36.4 Å². The number of rotatable bonds is 21. The molecule has 0 aliphatic carbocycles. The number of nitrogens with two attached hydrogens (primary N) is 1. The second-order valence-electron chi connectivity index (χ2n) is 10.5. The number of aryl methyl sites for hydroxylation is 1. The van der Waals surface area contributed by atoms with Crippen LogP contribution in [0.25, 0.3) is 11.0 Å². The lowest BCUT2D eigenvalue weighted by molar-refractivity contribution is -0.137. The molecular weight excluding hydrogens is 542 g/mol. The number of carbonyl (C=O) groups is 2. The Kier molecular flexibility index (Phi) is 13.8. The van der Waals surface area contributed by atoms with E-state index < -0.39 is 11.9 Å². The zero-order valence-electron chi connectivity index (χ0n) is 24.2. The Bertz CT molecular complexity index is 1260. The molecule has 0 saturated carbocycles. The molecule has 0 aliphatic heterocycles. The molecule has 0 aliphatic rings. The molecule has 0 fully saturated rings. The fourth-order valence-electron chi connectivity index (χ4n) is 5.12. The third-order valence-corrected chi connectivity index (χ3v) is 7.68. The summed E-state index contributed by atoms with van der Waals surface area (Å²) < 4.78 is 13.5. The number of primary amides is 1. The lowest BCUT2D eigenvalue weighted by Gasteiger charge is -2.13. The van der Waals surface area contributed by atoms with Crippen LogP contribution in [-0.2, 0) is 17.9 Å². The van der Waals surface area contributed by atoms with Crippen molar-refractivity contribution in [3.63, 3.8) is 0 Å². The van der Waals surface area contributed by atoms with E-state index in [0.29, 0.717) is 17.9 Å². The number of aromatic nitrogens is 2. The molecule has 2 aromatic carbocycles. The Hall–Kier alpha value is -3.26. The summed E-state index contributed by atoms with van der Waals surface area (Å²) in [4.78, 5) is 27.0. The lowest BCUT2D eigenvalue weighted by Crippen LogP contribution is -2.13. The quantitative estimate of drug-likeness (QED) is 0.123. The number of hydrogen-bond donors (Lipinski definition) is 2. The summed E-state index contributed by atoms with van der Waals surface area (Å²) in [5, 5.41) is 8.95. The van der Waals surface area contributed by atoms with Crippen molar-refractivity contribution in [3.05, 3.63) is 52.8 Å². The minimum Gasteiger partial charge on any atom is -0.496 e. The average molecular weight is 586 g/mol. The lowest BCUT2D eigenvalue weighted by atomic mass is 10.0. The van der Waals surface area contributed by atoms with Gasteiger partial charge in [0.15, 0.2) is 0 Å². The number of methoxy groups -OCH3 is 1. The van der Waals surface area contributed by atoms with Crippen LogP contribution in [0.2, 0.25) is 5.02 Å². The molecular formula is C32H44ClN3O5. The normalized spacial score (nSPS) is 11.2. The number of para-hydroxylation sites is 2. The van der Waals surface area contributed by atoms with E-state index >= 15 is 0 Å². The number of carboxylic acid groups (broad SMARTS) is 1. The first-order valence-electron chi connectivity index (χ1n) is 14.9. The number of benzene rings is 2. The van der Waals surface area contributed by atoms with Crippen molar-refractivity contribution in [1.29, 1.82) is 0 Å². The van der Waals surface area contributed by atoms with Crippen LogP contribution in [0.4, 0.5) is 0 Å². The monoisotopic (exact) mass is 585 g/mol. The average Bonchev–Trinajstić information content (AvgIpc) is 3.31. The van der Waals surface area contributed by atoms with Gasteiger partial charge in [0.2, 0.25) is 0 Å². The molecule has 0 spiro atoms. The van der Waals surface area contributed by atoms with E-state index in [9.17, 15) is 9.59 Å². The van der Waals surface area contributed by atoms with Crippen LogP contribution in [0.3, 0.4) is 0 Å². The third kappa shape index (κ3) is 10.6. The second kappa shape index (κ2) is 17.5. The number of carbonyl (C=O) groups excluding carboxylic acids is 1. The molecule has 1 heterocycles. The smallest absolute Gasteiger partial charge is 0.303 e. The molecule has 0 bridgehead atoms. The summed E-state index contributed by atoms with van der Waals surface area (Å²) in [6, 6.07) is 11.1. The first-order chi connectivity index (χ1) is 19.9. The van der Waals surface area contributed by atoms with Crippen LogP contribution in [-0.4, -0.2) is 33.6 Å². The van der Waals surface area contributed by atoms with E-state index in [1.54, 1.807) is 6.07 Å². The fourth-order valence-corrected chi connectivity index (χ4v) is 5.34. The molecule has 3 rings (SSSR count). The van der Waals surface area contributed by atoms with Gasteiger partial charge in [-0.2, -0.15) is 0 Å². The maximum absolute atomic E-state index is 11.7. The van der Waals surface area contributed by atoms with Crippen LogP contribution < -0.4 is 15.2 Å². The maximum atomic E-state index is 11.7. The number of unbranched alkanes of at least 4 members (excludes halogenated alkanes) is 12. The van der Waals surface area contributed by atoms with E-state index in [1.165, 1.54) is 71.0 Å². The molecule has 0 radical (unpaired) electrons. The summed E-state index contributed by atoms with van der Waals surface area (Å²) in [6.07, 6.45) is 15.6. The van der Waals surface area contributed by atoms with Crippen molar-refractivity contribution in [1.82, 2.24) is 9.55 Å². The topological polar surface area (TPSA) is 117 Å². The molecule has 0 unspecified atom stereocenters. The Balaban J connectivity index is 1.39. The molecule has 41 heavy (non-hydrogen) atoms. The van der Waals surface area contributed by atoms with E-state index in [4.69, 9.17) is 36.9 Å². The van der Waals surface area contributed by atoms with Gasteiger partial charge < -0.3 is 24.9 Å². The Morgan fingerprint density at radius 2 is 1.46 bits per heavy atom. The minimum atomic E-state index is -0.686. The molecule has 1 aromatic heterocycles. The highest BCUT2D eigenvalue weighted by Crippen LogP contribution is 2.33. The van der Waals surface area contributed by atoms with Gasteiger partial charge in [-0.1, -0.05) is 94.4 Å². The third-order valence-electron chi connectivity index (χ3n) is 7.38. The highest BCUT2D eigenvalue weighted by atomic mass is 35.5. The molecule has 0 atom stereocenters. The number of fused-ring (bicyclic) bond motifs is 1. The summed E-state index contributed by atoms with van der Waals surface area (Å²) >= 11 is 6.37. The summed E-state index contributed by atoms with van der Waals surface area (Å²) in [6.45, 7) is 1.10. The van der Waals surface area contributed by atoms with Crippen LogP contribution in [0, 0.1) is 0 Å². The number of nitrogens with zero attached hydrogens (tertiary/aromatic N) is 2. The minimum absolute atomic E-state index is 0.207. The summed E-state index contributed by atoms with van der Waals surface area (Å²) in [7, 11) is 1.47. The van der Waals surface area contributed by atoms with Gasteiger partial charge in [-0.05, 0) is 31.0 Å². The van der Waals surface area contributed by atoms with Crippen LogP contribution >= 0.6 is 11.6 Å². The van der Waals surface area contributed by atoms with E-state index in [-0.39, 0.29) is 17.2 Å². The Morgan fingerprint density at radius 3 is 2.05 bits per heavy atom. The van der Waals surface area contributed by atoms with Crippen molar-refractivity contribution in [2.45, 2.75) is 103 Å². The van der Waals surface area contributed by atoms with E-state index in [1.807, 2.05) is 18.2 Å². The number of ether oxygens (including phenoxy) is 2. The SMILES string of the molecule is COc1cc(OCc2nc3ccccc3n2CCCCCCCCCCCCCCCC(=O)O)c(Cl)cc1C(N)=O. The standard InChI is InChI=1S/C32H44ClN3O5/c1-40-28-22-29(25(33)21-24(28)32(34)39)41-23-30-35-26-17-14-15-18-27(26)36(30)20-16-12-10-8-6-4-2-3-5-7-9-11-13-19-31(37)38/h14-15,17-18,21-22H,2-13,16,19-20,23H2,1H3,(H2,34,39)(H,37,38). The van der Waals surface area contributed by atoms with Crippen molar-refractivity contribution >= 4 is 34.5 Å². The predicted octanol–water partition coefficient (Wildman–Crippen LogP) is 7.92. The highest BCUT2D eigenvalue weighted by Gasteiger charge is 2.16. The number of hydrogen-bond acceptors (Lipinski definition) is 5. The van der Waals surface area contributed by atoms with Crippen LogP contribution in [0.1, 0.15) is 106 Å². The van der Waals surface area contributed by atoms with Gasteiger partial charge in [-0.3, -0.25) is 9.59 Å². The summed E-state index contributed by atoms with van der Waals surface area (Å²) in [5.74, 6) is 0.241. The van der Waals surface area contributed by atoms with Gasteiger partial charge in [0.25, 0.3) is 5.91 Å². The highest BCUT2D eigenvalue weighted by molar-refractivity contribution is 6.32. The Morgan fingerprint density at radius 1 is 0.878 bits per heavy atom. The van der Waals surface area contributed by atoms with E-state index in [0.717, 1.165) is 49.1 Å². The first kappa shape index (κ1) is 32.3. The molecule has 224 valence electrons. The van der Waals surface area contributed by atoms with E-state index in [2.05, 4.69) is 10.6 Å². The van der Waals surface area contributed by atoms with Gasteiger partial charge in [0.1, 0.15) is 23.9 Å². The number of aliphatic carboxylic acids is 1. The predicted molar refractivity (Wildman–Crippen MR) is 163 cm³/mol. The molecule has 8 nitrogen and oxygen atoms in total. The number of halogens is 1. The second-order valence-corrected chi connectivity index (χ2v) is 11.0. The molecule has 9 heteroatoms. The summed E-state index contributed by atoms with van der Waals surface area (Å²) in [5.41, 5.74) is 7.65. The maximum Gasteiger partial charge on any atom is 0.303 e. The van der Waals surface area contributed by atoms with Gasteiger partial charge in [-0.25, -0.2) is 4.98 Å². The largest absolute Gasteiger partial charge is 0.496 e. The van der Waals surface area contributed by atoms with Gasteiger partial charge in [0.05, 0.1) is 28.7 Å². The first-order valence-corrected chi connectivity index (χ1v) is 15.2. The zero-order chi connectivity index (χ0) is 29.5. The molecule has 3 N–H and O–H groups in total. The zero-order valence-corrected chi connectivity index (χ0v) is 25.0. The van der Waals surface area contributed by atoms with Gasteiger partial charge >= 0.3 is 5.97 Å². The number of carboxylic acids is 1. The number of amides is 1. The molecule has 3 aromatic rings. The molecule has 1 amide bonds. The fraction of sp³-hybridized carbons (Fsp3) is 0.531. The van der Waals surface area contributed by atoms with Gasteiger partial charge in [-0.15, -0.1) is 0 Å². The van der Waals surface area contributed by atoms with Crippen molar-refractivity contribution < 1.29 is 24.2 Å².